The highest BCUT2D eigenvalue weighted by atomic mass is 35.5. The van der Waals surface area contributed by atoms with E-state index in [0.29, 0.717) is 11.8 Å². The number of hydrogen-bond donors (Lipinski definition) is 2. The molecule has 0 radical (unpaired) electrons. The van der Waals surface area contributed by atoms with Gasteiger partial charge in [0.15, 0.2) is 0 Å². The van der Waals surface area contributed by atoms with Gasteiger partial charge < -0.3 is 15.4 Å². The monoisotopic (exact) mass is 262 g/mol. The second-order valence-corrected chi connectivity index (χ2v) is 4.92. The number of carbonyl (C=O) groups is 1. The fourth-order valence-corrected chi connectivity index (χ4v) is 3.06. The van der Waals surface area contributed by atoms with Crippen LogP contribution >= 0.6 is 12.4 Å². The number of rotatable bonds is 5. The number of carbonyl (C=O) groups excluding carboxylic acids is 1. The van der Waals surface area contributed by atoms with Crippen molar-refractivity contribution in [2.75, 3.05) is 33.4 Å². The van der Waals surface area contributed by atoms with Crippen molar-refractivity contribution in [3.8, 4) is 0 Å². The first-order chi connectivity index (χ1) is 7.83. The van der Waals surface area contributed by atoms with Gasteiger partial charge in [0.1, 0.15) is 0 Å². The van der Waals surface area contributed by atoms with Crippen molar-refractivity contribution in [3.63, 3.8) is 0 Å². The molecule has 1 amide bonds. The summed E-state index contributed by atoms with van der Waals surface area (Å²) in [5.74, 6) is 1.68. The zero-order chi connectivity index (χ0) is 11.4. The van der Waals surface area contributed by atoms with Crippen LogP contribution in [0.4, 0.5) is 0 Å². The van der Waals surface area contributed by atoms with Gasteiger partial charge in [0.05, 0.1) is 0 Å². The van der Waals surface area contributed by atoms with Crippen LogP contribution in [0.1, 0.15) is 19.3 Å². The Morgan fingerprint density at radius 2 is 2.00 bits per heavy atom. The molecule has 1 aliphatic heterocycles. The van der Waals surface area contributed by atoms with Crippen LogP contribution < -0.4 is 10.6 Å². The molecule has 0 spiro atoms. The minimum Gasteiger partial charge on any atom is -0.385 e. The molecule has 2 aliphatic rings. The summed E-state index contributed by atoms with van der Waals surface area (Å²) in [5.41, 5.74) is 0. The van der Waals surface area contributed by atoms with Crippen LogP contribution in [0, 0.1) is 17.8 Å². The standard InChI is InChI=1S/C12H22N2O2.ClH/c1-16-6-2-5-14-12(15)11-9-3-4-10(11)8-13-7-9;/h9-11,13H,2-8H2,1H3,(H,14,15);1H. The second kappa shape index (κ2) is 7.19. The van der Waals surface area contributed by atoms with E-state index in [2.05, 4.69) is 10.6 Å². The summed E-state index contributed by atoms with van der Waals surface area (Å²) in [6, 6.07) is 0. The van der Waals surface area contributed by atoms with Gasteiger partial charge in [-0.25, -0.2) is 0 Å². The maximum atomic E-state index is 12.0. The highest BCUT2D eigenvalue weighted by molar-refractivity contribution is 5.85. The molecule has 1 saturated carbocycles. The van der Waals surface area contributed by atoms with Crippen LogP contribution in [-0.4, -0.2) is 39.3 Å². The Hall–Kier alpha value is -0.320. The van der Waals surface area contributed by atoms with E-state index >= 15 is 0 Å². The van der Waals surface area contributed by atoms with E-state index in [4.69, 9.17) is 4.74 Å². The number of ether oxygens (including phenoxy) is 1. The number of nitrogens with one attached hydrogen (secondary N) is 2. The average molecular weight is 263 g/mol. The first-order valence-electron chi connectivity index (χ1n) is 6.30. The predicted molar refractivity (Wildman–Crippen MR) is 69.3 cm³/mol. The molecule has 17 heavy (non-hydrogen) atoms. The fourth-order valence-electron chi connectivity index (χ4n) is 3.06. The van der Waals surface area contributed by atoms with E-state index in [1.54, 1.807) is 7.11 Å². The quantitative estimate of drug-likeness (QED) is 0.721. The number of hydrogen-bond acceptors (Lipinski definition) is 3. The van der Waals surface area contributed by atoms with Gasteiger partial charge >= 0.3 is 0 Å². The topological polar surface area (TPSA) is 50.4 Å². The lowest BCUT2D eigenvalue weighted by Crippen LogP contribution is -2.46. The van der Waals surface area contributed by atoms with E-state index in [-0.39, 0.29) is 24.2 Å². The van der Waals surface area contributed by atoms with Gasteiger partial charge in [-0.05, 0) is 44.2 Å². The van der Waals surface area contributed by atoms with Crippen molar-refractivity contribution in [3.05, 3.63) is 0 Å². The molecular formula is C12H23ClN2O2. The fraction of sp³-hybridized carbons (Fsp3) is 0.917. The third-order valence-corrected chi connectivity index (χ3v) is 3.86. The summed E-state index contributed by atoms with van der Waals surface area (Å²) in [7, 11) is 1.69. The highest BCUT2D eigenvalue weighted by Gasteiger charge is 2.42. The van der Waals surface area contributed by atoms with Gasteiger partial charge in [-0.15, -0.1) is 12.4 Å². The van der Waals surface area contributed by atoms with E-state index in [9.17, 15) is 4.79 Å². The number of methoxy groups -OCH3 is 1. The molecule has 1 heterocycles. The zero-order valence-electron chi connectivity index (χ0n) is 10.4. The molecule has 5 heteroatoms. The minimum atomic E-state index is 0. The highest BCUT2D eigenvalue weighted by Crippen LogP contribution is 2.39. The Morgan fingerprint density at radius 1 is 1.35 bits per heavy atom. The van der Waals surface area contributed by atoms with Crippen molar-refractivity contribution in [2.45, 2.75) is 19.3 Å². The van der Waals surface area contributed by atoms with E-state index in [1.807, 2.05) is 0 Å². The van der Waals surface area contributed by atoms with Gasteiger partial charge in [0.2, 0.25) is 5.91 Å². The number of halogens is 1. The van der Waals surface area contributed by atoms with Gasteiger partial charge in [-0.3, -0.25) is 4.79 Å². The summed E-state index contributed by atoms with van der Waals surface area (Å²) in [6.45, 7) is 3.51. The maximum Gasteiger partial charge on any atom is 0.223 e. The molecule has 2 fully saturated rings. The Bertz CT molecular complexity index is 235. The Kier molecular flexibility index (Phi) is 6.23. The summed E-state index contributed by atoms with van der Waals surface area (Å²) in [5, 5.41) is 6.45. The molecule has 0 aromatic carbocycles. The number of piperidine rings is 1. The van der Waals surface area contributed by atoms with Crippen molar-refractivity contribution in [1.82, 2.24) is 10.6 Å². The van der Waals surface area contributed by atoms with Crippen LogP contribution in [0.5, 0.6) is 0 Å². The SMILES string of the molecule is COCCCNC(=O)C1C2CCC1CNC2.Cl. The van der Waals surface area contributed by atoms with Crippen molar-refractivity contribution < 1.29 is 9.53 Å². The summed E-state index contributed by atoms with van der Waals surface area (Å²) < 4.78 is 4.96. The van der Waals surface area contributed by atoms with Gasteiger partial charge in [-0.2, -0.15) is 0 Å². The van der Waals surface area contributed by atoms with Crippen molar-refractivity contribution in [1.29, 1.82) is 0 Å². The second-order valence-electron chi connectivity index (χ2n) is 4.92. The lowest BCUT2D eigenvalue weighted by Gasteiger charge is -2.29. The van der Waals surface area contributed by atoms with E-state index < -0.39 is 0 Å². The van der Waals surface area contributed by atoms with Gasteiger partial charge in [0.25, 0.3) is 0 Å². The van der Waals surface area contributed by atoms with E-state index in [0.717, 1.165) is 32.7 Å². The first-order valence-corrected chi connectivity index (χ1v) is 6.30. The van der Waals surface area contributed by atoms with Crippen LogP contribution in [0.3, 0.4) is 0 Å². The third kappa shape index (κ3) is 3.57. The summed E-state index contributed by atoms with van der Waals surface area (Å²) in [4.78, 5) is 12.0. The Balaban J connectivity index is 0.00000144. The molecule has 100 valence electrons. The lowest BCUT2D eigenvalue weighted by molar-refractivity contribution is -0.128. The largest absolute Gasteiger partial charge is 0.385 e. The van der Waals surface area contributed by atoms with Crippen molar-refractivity contribution in [2.24, 2.45) is 17.8 Å². The Morgan fingerprint density at radius 3 is 2.59 bits per heavy atom. The molecule has 0 aromatic rings. The average Bonchev–Trinajstić information content (AvgIpc) is 2.55. The molecule has 1 aliphatic carbocycles. The van der Waals surface area contributed by atoms with Gasteiger partial charge in [-0.1, -0.05) is 0 Å². The molecule has 4 nitrogen and oxygen atoms in total. The van der Waals surface area contributed by atoms with Gasteiger partial charge in [0, 0.05) is 26.2 Å². The zero-order valence-corrected chi connectivity index (χ0v) is 11.2. The van der Waals surface area contributed by atoms with Crippen LogP contribution in [0.2, 0.25) is 0 Å². The minimum absolute atomic E-state index is 0. The lowest BCUT2D eigenvalue weighted by atomic mass is 9.85. The normalized spacial score (nSPS) is 30.8. The van der Waals surface area contributed by atoms with Crippen LogP contribution in [-0.2, 0) is 9.53 Å². The summed E-state index contributed by atoms with van der Waals surface area (Å²) >= 11 is 0. The molecular weight excluding hydrogens is 240 g/mol. The molecule has 1 saturated heterocycles. The molecule has 2 bridgehead atoms. The Labute approximate surface area is 109 Å². The summed E-state index contributed by atoms with van der Waals surface area (Å²) in [6.07, 6.45) is 3.34. The number of fused-ring (bicyclic) bond motifs is 2. The molecule has 2 N–H and O–H groups in total. The molecule has 2 atom stereocenters. The van der Waals surface area contributed by atoms with Crippen LogP contribution in [0.25, 0.3) is 0 Å². The maximum absolute atomic E-state index is 12.0. The molecule has 2 rings (SSSR count). The van der Waals surface area contributed by atoms with Crippen LogP contribution in [0.15, 0.2) is 0 Å². The smallest absolute Gasteiger partial charge is 0.223 e. The van der Waals surface area contributed by atoms with Crippen molar-refractivity contribution >= 4 is 18.3 Å². The van der Waals surface area contributed by atoms with E-state index in [1.165, 1.54) is 12.8 Å². The molecule has 0 aromatic heterocycles. The predicted octanol–water partition coefficient (Wildman–Crippen LogP) is 0.806. The first kappa shape index (κ1) is 14.7. The third-order valence-electron chi connectivity index (χ3n) is 3.86. The molecule has 2 unspecified atom stereocenters. The number of amides is 1.